The normalized spacial score (nSPS) is 13.0. The molecule has 6 nitrogen and oxygen atoms in total. The van der Waals surface area contributed by atoms with Crippen molar-refractivity contribution in [2.24, 2.45) is 0 Å². The van der Waals surface area contributed by atoms with Gasteiger partial charge in [0, 0.05) is 19.3 Å². The number of carbonyl (C=O) groups is 3. The van der Waals surface area contributed by atoms with Gasteiger partial charge in [0.1, 0.15) is 13.2 Å². The predicted octanol–water partition coefficient (Wildman–Crippen LogP) is 21.4. The molecular formula is C70H114O6. The van der Waals surface area contributed by atoms with Crippen LogP contribution in [0.4, 0.5) is 0 Å². The van der Waals surface area contributed by atoms with E-state index in [0.29, 0.717) is 19.3 Å². The maximum absolute atomic E-state index is 12.8. The van der Waals surface area contributed by atoms with E-state index >= 15 is 0 Å². The minimum Gasteiger partial charge on any atom is -0.462 e. The Morgan fingerprint density at radius 2 is 0.539 bits per heavy atom. The van der Waals surface area contributed by atoms with Crippen LogP contribution in [0.15, 0.2) is 134 Å². The van der Waals surface area contributed by atoms with Gasteiger partial charge in [-0.3, -0.25) is 14.4 Å². The number of carbonyl (C=O) groups excluding carboxylic acids is 3. The minimum absolute atomic E-state index is 0.110. The molecule has 0 fully saturated rings. The van der Waals surface area contributed by atoms with Crippen molar-refractivity contribution in [2.75, 3.05) is 13.2 Å². The maximum atomic E-state index is 12.8. The van der Waals surface area contributed by atoms with E-state index in [1.165, 1.54) is 103 Å². The Kier molecular flexibility index (Phi) is 59.4. The molecule has 0 aliphatic carbocycles. The van der Waals surface area contributed by atoms with Gasteiger partial charge in [-0.1, -0.05) is 270 Å². The molecule has 0 bridgehead atoms. The Balaban J connectivity index is 4.11. The van der Waals surface area contributed by atoms with Crippen LogP contribution >= 0.6 is 0 Å². The first kappa shape index (κ1) is 71.5. The fourth-order valence-electron chi connectivity index (χ4n) is 8.29. The van der Waals surface area contributed by atoms with E-state index in [0.717, 1.165) is 122 Å². The fraction of sp³-hybridized carbons (Fsp3) is 0.643. The molecule has 76 heavy (non-hydrogen) atoms. The monoisotopic (exact) mass is 1050 g/mol. The van der Waals surface area contributed by atoms with Crippen LogP contribution in [0.1, 0.15) is 271 Å². The Hall–Kier alpha value is -4.45. The van der Waals surface area contributed by atoms with Crippen LogP contribution in [0.3, 0.4) is 0 Å². The summed E-state index contributed by atoms with van der Waals surface area (Å²) in [4.78, 5) is 38.0. The van der Waals surface area contributed by atoms with Crippen LogP contribution in [0.25, 0.3) is 0 Å². The lowest BCUT2D eigenvalue weighted by atomic mass is 10.0. The van der Waals surface area contributed by atoms with Crippen LogP contribution < -0.4 is 0 Å². The average Bonchev–Trinajstić information content (AvgIpc) is 3.42. The van der Waals surface area contributed by atoms with Gasteiger partial charge in [-0.2, -0.15) is 0 Å². The summed E-state index contributed by atoms with van der Waals surface area (Å²) in [7, 11) is 0. The number of ether oxygens (including phenoxy) is 3. The van der Waals surface area contributed by atoms with Crippen LogP contribution in [-0.4, -0.2) is 37.2 Å². The first-order chi connectivity index (χ1) is 37.5. The second kappa shape index (κ2) is 63.1. The van der Waals surface area contributed by atoms with E-state index in [-0.39, 0.29) is 31.6 Å². The molecule has 0 rings (SSSR count). The predicted molar refractivity (Wildman–Crippen MR) is 329 cm³/mol. The summed E-state index contributed by atoms with van der Waals surface area (Å²) < 4.78 is 16.7. The zero-order chi connectivity index (χ0) is 55.0. The van der Waals surface area contributed by atoms with Crippen molar-refractivity contribution in [3.63, 3.8) is 0 Å². The summed E-state index contributed by atoms with van der Waals surface area (Å²) in [5.41, 5.74) is 0. The highest BCUT2D eigenvalue weighted by Gasteiger charge is 2.19. The topological polar surface area (TPSA) is 78.9 Å². The first-order valence-electron chi connectivity index (χ1n) is 31.2. The third-order valence-corrected chi connectivity index (χ3v) is 12.9. The third-order valence-electron chi connectivity index (χ3n) is 12.9. The first-order valence-corrected chi connectivity index (χ1v) is 31.2. The highest BCUT2D eigenvalue weighted by molar-refractivity contribution is 5.71. The lowest BCUT2D eigenvalue weighted by Crippen LogP contribution is -2.30. The molecule has 0 radical (unpaired) electrons. The molecule has 6 heteroatoms. The fourth-order valence-corrected chi connectivity index (χ4v) is 8.29. The van der Waals surface area contributed by atoms with E-state index in [1.807, 2.05) is 12.2 Å². The molecular weight excluding hydrogens is 937 g/mol. The molecule has 0 aliphatic heterocycles. The standard InChI is InChI=1S/C70H114O6/c1-4-7-10-13-16-19-22-24-25-26-27-28-29-30-31-32-33-34-35-36-37-38-39-40-41-42-43-44-45-47-48-51-54-57-60-63-69(72)75-66-67(65-74-68(71)62-59-56-53-50-21-18-15-12-9-6-3)76-70(73)64-61-58-55-52-49-46-23-20-17-14-11-8-5-2/h7-8,10-12,15-17,19-20,24-25,27-28,30-31,33-34,46,49,55,58,67H,4-6,9,13-14,18,21-23,26,29,32,35-45,47-48,50-54,56-57,59-66H2,1-3H3/b10-7-,11-8-,15-12-,19-16-,20-17-,25-24-,28-27-,31-30-,34-33-,49-46-,58-55-. The van der Waals surface area contributed by atoms with Crippen LogP contribution in [0.5, 0.6) is 0 Å². The Bertz CT molecular complexity index is 1630. The Labute approximate surface area is 468 Å². The van der Waals surface area contributed by atoms with Crippen molar-refractivity contribution in [3.8, 4) is 0 Å². The lowest BCUT2D eigenvalue weighted by molar-refractivity contribution is -0.166. The van der Waals surface area contributed by atoms with Crippen molar-refractivity contribution in [3.05, 3.63) is 134 Å². The molecule has 1 unspecified atom stereocenters. The molecule has 1 atom stereocenters. The number of allylic oxidation sites excluding steroid dienone is 22. The number of hydrogen-bond donors (Lipinski definition) is 0. The molecule has 430 valence electrons. The summed E-state index contributed by atoms with van der Waals surface area (Å²) in [6, 6.07) is 0. The minimum atomic E-state index is -0.820. The van der Waals surface area contributed by atoms with Gasteiger partial charge in [0.05, 0.1) is 0 Å². The summed E-state index contributed by atoms with van der Waals surface area (Å²) in [5.74, 6) is -1.00. The van der Waals surface area contributed by atoms with Crippen LogP contribution in [0, 0.1) is 0 Å². The Morgan fingerprint density at radius 3 is 0.868 bits per heavy atom. The highest BCUT2D eigenvalue weighted by Crippen LogP contribution is 2.16. The van der Waals surface area contributed by atoms with Crippen molar-refractivity contribution >= 4 is 17.9 Å². The van der Waals surface area contributed by atoms with Crippen molar-refractivity contribution in [1.29, 1.82) is 0 Å². The Morgan fingerprint density at radius 1 is 0.276 bits per heavy atom. The molecule has 0 aromatic rings. The zero-order valence-electron chi connectivity index (χ0n) is 49.2. The van der Waals surface area contributed by atoms with E-state index in [2.05, 4.69) is 142 Å². The summed E-state index contributed by atoms with van der Waals surface area (Å²) in [5, 5.41) is 0. The van der Waals surface area contributed by atoms with E-state index in [4.69, 9.17) is 14.2 Å². The van der Waals surface area contributed by atoms with Gasteiger partial charge < -0.3 is 14.2 Å². The molecule has 0 saturated heterocycles. The number of rotatable bonds is 55. The summed E-state index contributed by atoms with van der Waals surface area (Å²) in [6.45, 7) is 6.27. The molecule has 0 saturated carbocycles. The largest absolute Gasteiger partial charge is 0.462 e. The van der Waals surface area contributed by atoms with Gasteiger partial charge in [0.25, 0.3) is 0 Å². The van der Waals surface area contributed by atoms with Gasteiger partial charge in [-0.25, -0.2) is 0 Å². The molecule has 0 heterocycles. The van der Waals surface area contributed by atoms with Crippen molar-refractivity contribution < 1.29 is 28.6 Å². The summed E-state index contributed by atoms with van der Waals surface area (Å²) >= 11 is 0. The average molecular weight is 1050 g/mol. The maximum Gasteiger partial charge on any atom is 0.306 e. The lowest BCUT2D eigenvalue weighted by Gasteiger charge is -2.18. The quantitative estimate of drug-likeness (QED) is 0.0261. The molecule has 0 N–H and O–H groups in total. The molecule has 0 amide bonds. The summed E-state index contributed by atoms with van der Waals surface area (Å²) in [6.07, 6.45) is 89.3. The molecule has 0 aromatic heterocycles. The third kappa shape index (κ3) is 60.4. The van der Waals surface area contributed by atoms with Gasteiger partial charge in [-0.05, 0) is 116 Å². The van der Waals surface area contributed by atoms with Crippen molar-refractivity contribution in [2.45, 2.75) is 277 Å². The van der Waals surface area contributed by atoms with Gasteiger partial charge >= 0.3 is 17.9 Å². The SMILES string of the molecule is CC/C=C\C/C=C\C/C=C\C/C=C\C/C=C\C/C=C\CCCCCCCCCCCCCCCCCCC(=O)OCC(COC(=O)CCCCCCC/C=C\CCC)OC(=O)CC/C=C\C/C=C\C/C=C\C/C=C\CC. The number of unbranched alkanes of at least 4 members (excludes halogenated alkanes) is 22. The van der Waals surface area contributed by atoms with E-state index in [9.17, 15) is 14.4 Å². The van der Waals surface area contributed by atoms with Gasteiger partial charge in [-0.15, -0.1) is 0 Å². The number of hydrogen-bond acceptors (Lipinski definition) is 6. The van der Waals surface area contributed by atoms with Crippen LogP contribution in [0.2, 0.25) is 0 Å². The second-order valence-electron chi connectivity index (χ2n) is 20.2. The van der Waals surface area contributed by atoms with Gasteiger partial charge in [0.15, 0.2) is 6.10 Å². The molecule has 0 aliphatic rings. The highest BCUT2D eigenvalue weighted by atomic mass is 16.6. The smallest absolute Gasteiger partial charge is 0.306 e. The number of esters is 3. The van der Waals surface area contributed by atoms with Crippen molar-refractivity contribution in [1.82, 2.24) is 0 Å². The zero-order valence-corrected chi connectivity index (χ0v) is 49.2. The van der Waals surface area contributed by atoms with Gasteiger partial charge in [0.2, 0.25) is 0 Å². The van der Waals surface area contributed by atoms with E-state index < -0.39 is 12.1 Å². The second-order valence-corrected chi connectivity index (χ2v) is 20.2. The molecule has 0 aromatic carbocycles. The molecule has 0 spiro atoms. The van der Waals surface area contributed by atoms with Crippen LogP contribution in [-0.2, 0) is 28.6 Å². The van der Waals surface area contributed by atoms with E-state index in [1.54, 1.807) is 0 Å².